The van der Waals surface area contributed by atoms with Gasteiger partial charge in [-0.25, -0.2) is 13.8 Å². The van der Waals surface area contributed by atoms with Crippen LogP contribution < -0.4 is 15.8 Å². The molecule has 10 nitrogen and oxygen atoms in total. The summed E-state index contributed by atoms with van der Waals surface area (Å²) >= 11 is 0. The Morgan fingerprint density at radius 3 is 2.84 bits per heavy atom. The van der Waals surface area contributed by atoms with Crippen LogP contribution >= 0.6 is 0 Å². The highest BCUT2D eigenvalue weighted by atomic mass is 19.1. The molecule has 12 heteroatoms. The number of rotatable bonds is 11. The lowest BCUT2D eigenvalue weighted by atomic mass is 9.74. The number of nitrogens with one attached hydrogen (secondary N) is 3. The highest BCUT2D eigenvalue weighted by molar-refractivity contribution is 6.09. The number of anilines is 2. The maximum absolute atomic E-state index is 14.7. The van der Waals surface area contributed by atoms with Crippen LogP contribution in [0.1, 0.15) is 55.3 Å². The molecule has 43 heavy (non-hydrogen) atoms. The first-order valence-electron chi connectivity index (χ1n) is 14.3. The molecule has 1 aliphatic carbocycles. The van der Waals surface area contributed by atoms with Crippen molar-refractivity contribution >= 4 is 23.4 Å². The molecule has 1 saturated heterocycles. The molecule has 2 aliphatic rings. The van der Waals surface area contributed by atoms with Gasteiger partial charge >= 0.3 is 0 Å². The second-order valence-corrected chi connectivity index (χ2v) is 10.9. The Kier molecular flexibility index (Phi) is 9.76. The summed E-state index contributed by atoms with van der Waals surface area (Å²) in [4.78, 5) is 11.7. The summed E-state index contributed by atoms with van der Waals surface area (Å²) in [5.74, 6) is -0.855. The number of pyridine rings is 1. The minimum absolute atomic E-state index is 0.0681. The number of nitriles is 1. The van der Waals surface area contributed by atoms with Gasteiger partial charge in [-0.15, -0.1) is 0 Å². The normalized spacial score (nSPS) is 23.7. The minimum Gasteiger partial charge on any atom is -0.488 e. The first-order valence-corrected chi connectivity index (χ1v) is 14.3. The number of aromatic nitrogens is 3. The summed E-state index contributed by atoms with van der Waals surface area (Å²) < 4.78 is 46.2. The number of H-pyrrole nitrogens is 1. The maximum Gasteiger partial charge on any atom is 0.205 e. The number of nitrogens with zero attached hydrogens (tertiary/aromatic N) is 3. The van der Waals surface area contributed by atoms with Gasteiger partial charge in [-0.1, -0.05) is 6.92 Å². The summed E-state index contributed by atoms with van der Waals surface area (Å²) in [6.45, 7) is 3.42. The molecule has 0 spiro atoms. The van der Waals surface area contributed by atoms with Crippen LogP contribution in [0.2, 0.25) is 0 Å². The molecule has 0 amide bonds. The molecule has 0 bridgehead atoms. The SMILES string of the molecule is C[C@H]1C[C@@H](c2ccncc2Nc2ncc(/C=C\C(=N)c3c(F)cc(OC4CCOC4)cc3F)[nH]2)C[C@@H](N)[C@H]1OCCC#N. The molecular formula is C31H35F2N7O3. The van der Waals surface area contributed by atoms with Gasteiger partial charge in [0.1, 0.15) is 23.5 Å². The third kappa shape index (κ3) is 7.43. The molecular weight excluding hydrogens is 556 g/mol. The molecule has 1 aliphatic heterocycles. The smallest absolute Gasteiger partial charge is 0.205 e. The molecule has 226 valence electrons. The van der Waals surface area contributed by atoms with Crippen molar-refractivity contribution in [2.24, 2.45) is 11.7 Å². The van der Waals surface area contributed by atoms with Crippen LogP contribution in [-0.4, -0.2) is 58.7 Å². The van der Waals surface area contributed by atoms with E-state index < -0.39 is 17.2 Å². The summed E-state index contributed by atoms with van der Waals surface area (Å²) in [6, 6.07) is 6.08. The summed E-state index contributed by atoms with van der Waals surface area (Å²) in [6.07, 6.45) is 10.1. The molecule has 2 fully saturated rings. The third-order valence-corrected chi connectivity index (χ3v) is 7.77. The van der Waals surface area contributed by atoms with Gasteiger partial charge in [-0.2, -0.15) is 5.26 Å². The van der Waals surface area contributed by atoms with Crippen LogP contribution in [0.3, 0.4) is 0 Å². The Labute approximate surface area is 248 Å². The lowest BCUT2D eigenvalue weighted by Gasteiger charge is -2.39. The van der Waals surface area contributed by atoms with E-state index in [2.05, 4.69) is 33.3 Å². The van der Waals surface area contributed by atoms with Gasteiger partial charge in [0, 0.05) is 30.8 Å². The van der Waals surface area contributed by atoms with Crippen molar-refractivity contribution in [3.63, 3.8) is 0 Å². The van der Waals surface area contributed by atoms with Crippen LogP contribution in [0.5, 0.6) is 5.75 Å². The average molecular weight is 592 g/mol. The highest BCUT2D eigenvalue weighted by Gasteiger charge is 2.35. The Balaban J connectivity index is 1.23. The van der Waals surface area contributed by atoms with E-state index >= 15 is 0 Å². The van der Waals surface area contributed by atoms with Gasteiger partial charge in [0.15, 0.2) is 0 Å². The summed E-state index contributed by atoms with van der Waals surface area (Å²) in [7, 11) is 0. The van der Waals surface area contributed by atoms with Crippen molar-refractivity contribution in [1.29, 1.82) is 10.7 Å². The molecule has 5 rings (SSSR count). The molecule has 1 saturated carbocycles. The van der Waals surface area contributed by atoms with E-state index in [0.717, 1.165) is 36.2 Å². The molecule has 2 aromatic heterocycles. The Morgan fingerprint density at radius 2 is 2.12 bits per heavy atom. The van der Waals surface area contributed by atoms with E-state index in [4.69, 9.17) is 30.6 Å². The highest BCUT2D eigenvalue weighted by Crippen LogP contribution is 2.40. The fraction of sp³-hybridized carbons (Fsp3) is 0.419. The van der Waals surface area contributed by atoms with E-state index in [9.17, 15) is 8.78 Å². The molecule has 5 atom stereocenters. The maximum atomic E-state index is 14.7. The van der Waals surface area contributed by atoms with Crippen LogP contribution in [-0.2, 0) is 9.47 Å². The van der Waals surface area contributed by atoms with Gasteiger partial charge in [-0.05, 0) is 48.5 Å². The van der Waals surface area contributed by atoms with E-state index in [-0.39, 0.29) is 41.5 Å². The number of allylic oxidation sites excluding steroid dienone is 1. The Bertz CT molecular complexity index is 1460. The van der Waals surface area contributed by atoms with Crippen molar-refractivity contribution in [2.75, 3.05) is 25.1 Å². The zero-order chi connectivity index (χ0) is 30.3. The first-order chi connectivity index (χ1) is 20.8. The largest absolute Gasteiger partial charge is 0.488 e. The van der Waals surface area contributed by atoms with Crippen molar-refractivity contribution in [1.82, 2.24) is 15.0 Å². The van der Waals surface area contributed by atoms with Crippen molar-refractivity contribution < 1.29 is 23.0 Å². The number of imidazole rings is 1. The second-order valence-electron chi connectivity index (χ2n) is 10.9. The van der Waals surface area contributed by atoms with Gasteiger partial charge in [0.25, 0.3) is 0 Å². The van der Waals surface area contributed by atoms with Crippen LogP contribution in [0.25, 0.3) is 6.08 Å². The monoisotopic (exact) mass is 591 g/mol. The van der Waals surface area contributed by atoms with E-state index in [1.807, 2.05) is 6.07 Å². The topological polar surface area (TPSA) is 155 Å². The average Bonchev–Trinajstić information content (AvgIpc) is 3.65. The number of ether oxygens (including phenoxy) is 3. The van der Waals surface area contributed by atoms with Gasteiger partial charge < -0.3 is 35.7 Å². The molecule has 0 radical (unpaired) electrons. The van der Waals surface area contributed by atoms with E-state index in [0.29, 0.717) is 44.3 Å². The van der Waals surface area contributed by atoms with Crippen molar-refractivity contribution in [3.05, 3.63) is 71.3 Å². The summed E-state index contributed by atoms with van der Waals surface area (Å²) in [5, 5.41) is 20.3. The van der Waals surface area contributed by atoms with Crippen LogP contribution in [0.15, 0.2) is 42.9 Å². The summed E-state index contributed by atoms with van der Waals surface area (Å²) in [5.41, 5.74) is 8.10. The third-order valence-electron chi connectivity index (χ3n) is 7.77. The number of hydrogen-bond acceptors (Lipinski definition) is 9. The zero-order valence-corrected chi connectivity index (χ0v) is 23.9. The van der Waals surface area contributed by atoms with Crippen molar-refractivity contribution in [3.8, 4) is 11.8 Å². The zero-order valence-electron chi connectivity index (χ0n) is 23.9. The van der Waals surface area contributed by atoms with Gasteiger partial charge in [-0.3, -0.25) is 4.98 Å². The quantitative estimate of drug-likeness (QED) is 0.175. The fourth-order valence-corrected chi connectivity index (χ4v) is 5.75. The standard InChI is InChI=1S/C31H35F2N7O3/c1-18-11-19(12-27(36)30(18)42-9-2-7-34)23-5-8-37-16-28(23)40-31-38-15-20(39-31)3-4-26(35)29-24(32)13-22(14-25(29)33)43-21-6-10-41-17-21/h3-5,8,13-16,18-19,21,27,30,35H,2,6,9-12,17,36H2,1H3,(H2,38,39,40)/b4-3-,35-26?/t18-,19+,21?,27+,30-/m0/s1. The Morgan fingerprint density at radius 1 is 1.30 bits per heavy atom. The van der Waals surface area contributed by atoms with Gasteiger partial charge in [0.2, 0.25) is 5.95 Å². The lowest BCUT2D eigenvalue weighted by Crippen LogP contribution is -2.46. The van der Waals surface area contributed by atoms with Crippen LogP contribution in [0, 0.1) is 34.3 Å². The minimum atomic E-state index is -0.878. The van der Waals surface area contributed by atoms with Crippen molar-refractivity contribution in [2.45, 2.75) is 56.8 Å². The van der Waals surface area contributed by atoms with E-state index in [1.165, 1.54) is 12.2 Å². The van der Waals surface area contributed by atoms with E-state index in [1.54, 1.807) is 18.6 Å². The molecule has 1 unspecified atom stereocenters. The van der Waals surface area contributed by atoms with Gasteiger partial charge in [0.05, 0.1) is 73.5 Å². The molecule has 1 aromatic carbocycles. The number of halogens is 2. The molecule has 3 aromatic rings. The lowest BCUT2D eigenvalue weighted by molar-refractivity contribution is -0.0198. The molecule has 3 heterocycles. The Hall–Kier alpha value is -4.18. The predicted octanol–water partition coefficient (Wildman–Crippen LogP) is 5.22. The molecule has 5 N–H and O–H groups in total. The number of aromatic amines is 1. The fourth-order valence-electron chi connectivity index (χ4n) is 5.75. The number of hydrogen-bond donors (Lipinski definition) is 4. The first kappa shape index (κ1) is 30.3. The second kappa shape index (κ2) is 13.9. The predicted molar refractivity (Wildman–Crippen MR) is 157 cm³/mol. The van der Waals surface area contributed by atoms with Crippen LogP contribution in [0.4, 0.5) is 20.4 Å². The number of nitrogens with two attached hydrogens (primary N) is 1. The number of benzene rings is 1.